The molecule has 2 rings (SSSR count). The van der Waals surface area contributed by atoms with E-state index in [1.807, 2.05) is 12.2 Å². The number of hydrogen-bond donors (Lipinski definition) is 2. The molecule has 0 radical (unpaired) electrons. The summed E-state index contributed by atoms with van der Waals surface area (Å²) in [5.41, 5.74) is 0.570. The van der Waals surface area contributed by atoms with Crippen LogP contribution in [0.25, 0.3) is 0 Å². The minimum absolute atomic E-state index is 0.0301. The largest absolute Gasteiger partial charge is 0.396 e. The van der Waals surface area contributed by atoms with Crippen molar-refractivity contribution in [2.75, 3.05) is 6.61 Å². The van der Waals surface area contributed by atoms with Crippen LogP contribution < -0.4 is 5.32 Å². The normalized spacial score (nSPS) is 22.1. The second kappa shape index (κ2) is 5.46. The van der Waals surface area contributed by atoms with Crippen molar-refractivity contribution in [3.8, 4) is 0 Å². The molecule has 0 aromatic carbocycles. The maximum atomic E-state index is 11.9. The number of hydrogen-bond acceptors (Lipinski definition) is 4. The van der Waals surface area contributed by atoms with E-state index in [0.717, 1.165) is 6.42 Å². The Hall–Kier alpha value is -1.46. The zero-order chi connectivity index (χ0) is 13.1. The summed E-state index contributed by atoms with van der Waals surface area (Å²) in [5, 5.41) is 13.6. The van der Waals surface area contributed by atoms with E-state index in [-0.39, 0.29) is 30.3 Å². The summed E-state index contributed by atoms with van der Waals surface area (Å²) < 4.78 is 0. The Kier molecular flexibility index (Phi) is 3.93. The molecule has 5 heteroatoms. The zero-order valence-electron chi connectivity index (χ0n) is 10.1. The van der Waals surface area contributed by atoms with Gasteiger partial charge in [0.25, 0.3) is 5.91 Å². The van der Waals surface area contributed by atoms with Crippen LogP contribution in [0.4, 0.5) is 0 Å². The van der Waals surface area contributed by atoms with E-state index in [1.54, 1.807) is 11.4 Å². The molecule has 1 aromatic heterocycles. The molecule has 1 heterocycles. The van der Waals surface area contributed by atoms with E-state index in [0.29, 0.717) is 10.4 Å². The predicted octanol–water partition coefficient (Wildman–Crippen LogP) is 1.62. The lowest BCUT2D eigenvalue weighted by Gasteiger charge is -2.11. The quantitative estimate of drug-likeness (QED) is 0.642. The maximum Gasteiger partial charge on any atom is 0.261 e. The molecule has 0 aliphatic heterocycles. The average molecular weight is 265 g/mol. The summed E-state index contributed by atoms with van der Waals surface area (Å²) in [6.07, 6.45) is 4.55. The van der Waals surface area contributed by atoms with Gasteiger partial charge in [-0.15, -0.1) is 11.3 Å². The molecule has 2 atom stereocenters. The molecule has 0 saturated carbocycles. The number of thiophene rings is 1. The third-order valence-electron chi connectivity index (χ3n) is 2.95. The molecule has 0 unspecified atom stereocenters. The van der Waals surface area contributed by atoms with Gasteiger partial charge >= 0.3 is 0 Å². The lowest BCUT2D eigenvalue weighted by molar-refractivity contribution is 0.0945. The number of rotatable bonds is 4. The molecule has 0 saturated heterocycles. The number of aliphatic hydroxyl groups excluding tert-OH is 1. The molecule has 1 aliphatic carbocycles. The van der Waals surface area contributed by atoms with E-state index >= 15 is 0 Å². The van der Waals surface area contributed by atoms with Gasteiger partial charge in [0.1, 0.15) is 0 Å². The van der Waals surface area contributed by atoms with Gasteiger partial charge in [0.15, 0.2) is 5.78 Å². The minimum atomic E-state index is -0.166. The second-order valence-corrected chi connectivity index (χ2v) is 5.31. The van der Waals surface area contributed by atoms with E-state index in [1.165, 1.54) is 18.3 Å². The van der Waals surface area contributed by atoms with Gasteiger partial charge in [-0.1, -0.05) is 12.2 Å². The highest BCUT2D eigenvalue weighted by Crippen LogP contribution is 2.19. The molecule has 1 aromatic rings. The summed E-state index contributed by atoms with van der Waals surface area (Å²) >= 11 is 1.27. The number of nitrogens with one attached hydrogen (secondary N) is 1. The molecule has 2 N–H and O–H groups in total. The van der Waals surface area contributed by atoms with Gasteiger partial charge in [-0.3, -0.25) is 9.59 Å². The Bertz CT molecular complexity index is 492. The van der Waals surface area contributed by atoms with Crippen molar-refractivity contribution in [2.24, 2.45) is 5.92 Å². The molecule has 1 aliphatic rings. The number of carbonyl (C=O) groups excluding carboxylic acids is 2. The van der Waals surface area contributed by atoms with Crippen molar-refractivity contribution in [3.05, 3.63) is 34.0 Å². The Morgan fingerprint density at radius 3 is 2.83 bits per heavy atom. The highest BCUT2D eigenvalue weighted by atomic mass is 32.1. The van der Waals surface area contributed by atoms with Crippen LogP contribution in [0.15, 0.2) is 23.6 Å². The molecule has 4 nitrogen and oxygen atoms in total. The van der Waals surface area contributed by atoms with Crippen LogP contribution in [0.3, 0.4) is 0 Å². The summed E-state index contributed by atoms with van der Waals surface area (Å²) in [6, 6.07) is 1.59. The summed E-state index contributed by atoms with van der Waals surface area (Å²) in [7, 11) is 0. The first-order chi connectivity index (χ1) is 8.60. The van der Waals surface area contributed by atoms with Gasteiger partial charge in [-0.25, -0.2) is 0 Å². The van der Waals surface area contributed by atoms with Gasteiger partial charge in [0, 0.05) is 29.5 Å². The Labute approximate surface area is 109 Å². The number of ketones is 1. The SMILES string of the molecule is CC(=O)c1csc(C(=O)N[C@@H]2C=C[C@H](CO)C2)c1. The topological polar surface area (TPSA) is 66.4 Å². The number of carbonyl (C=O) groups is 2. The maximum absolute atomic E-state index is 11.9. The summed E-state index contributed by atoms with van der Waals surface area (Å²) in [4.78, 5) is 23.6. The van der Waals surface area contributed by atoms with Gasteiger partial charge in [0.2, 0.25) is 0 Å². The fourth-order valence-electron chi connectivity index (χ4n) is 1.90. The van der Waals surface area contributed by atoms with Gasteiger partial charge in [-0.05, 0) is 19.4 Å². The molecule has 96 valence electrons. The van der Waals surface area contributed by atoms with Gasteiger partial charge < -0.3 is 10.4 Å². The third-order valence-corrected chi connectivity index (χ3v) is 3.88. The first kappa shape index (κ1) is 13.0. The number of aliphatic hydroxyl groups is 1. The van der Waals surface area contributed by atoms with E-state index in [9.17, 15) is 9.59 Å². The van der Waals surface area contributed by atoms with Crippen molar-refractivity contribution in [1.82, 2.24) is 5.32 Å². The number of Topliss-reactive ketones (excluding diaryl/α,β-unsaturated/α-hetero) is 1. The third kappa shape index (κ3) is 2.86. The summed E-state index contributed by atoms with van der Waals surface area (Å²) in [6.45, 7) is 1.59. The molecule has 18 heavy (non-hydrogen) atoms. The molecule has 0 bridgehead atoms. The van der Waals surface area contributed by atoms with Crippen LogP contribution in [0.2, 0.25) is 0 Å². The van der Waals surface area contributed by atoms with Crippen molar-refractivity contribution in [2.45, 2.75) is 19.4 Å². The first-order valence-electron chi connectivity index (χ1n) is 5.79. The van der Waals surface area contributed by atoms with Crippen molar-refractivity contribution < 1.29 is 14.7 Å². The van der Waals surface area contributed by atoms with Crippen LogP contribution in [0, 0.1) is 5.92 Å². The van der Waals surface area contributed by atoms with E-state index in [2.05, 4.69) is 5.32 Å². The average Bonchev–Trinajstić information content (AvgIpc) is 2.97. The van der Waals surface area contributed by atoms with Crippen LogP contribution in [0.5, 0.6) is 0 Å². The highest BCUT2D eigenvalue weighted by molar-refractivity contribution is 7.12. The molecule has 0 spiro atoms. The fourth-order valence-corrected chi connectivity index (χ4v) is 2.75. The van der Waals surface area contributed by atoms with Crippen LogP contribution in [-0.2, 0) is 0 Å². The monoisotopic (exact) mass is 265 g/mol. The lowest BCUT2D eigenvalue weighted by Crippen LogP contribution is -2.32. The molecular formula is C13H15NO3S. The lowest BCUT2D eigenvalue weighted by atomic mass is 10.1. The molecular weight excluding hydrogens is 250 g/mol. The fraction of sp³-hybridized carbons (Fsp3) is 0.385. The van der Waals surface area contributed by atoms with Crippen molar-refractivity contribution >= 4 is 23.0 Å². The van der Waals surface area contributed by atoms with Crippen molar-refractivity contribution in [1.29, 1.82) is 0 Å². The zero-order valence-corrected chi connectivity index (χ0v) is 10.9. The van der Waals surface area contributed by atoms with Crippen LogP contribution in [-0.4, -0.2) is 29.4 Å². The smallest absolute Gasteiger partial charge is 0.261 e. The van der Waals surface area contributed by atoms with E-state index in [4.69, 9.17) is 5.11 Å². The Morgan fingerprint density at radius 1 is 1.50 bits per heavy atom. The van der Waals surface area contributed by atoms with Gasteiger partial charge in [-0.2, -0.15) is 0 Å². The van der Waals surface area contributed by atoms with Crippen LogP contribution in [0.1, 0.15) is 33.4 Å². The summed E-state index contributed by atoms with van der Waals surface area (Å²) in [5.74, 6) is -0.0708. The highest BCUT2D eigenvalue weighted by Gasteiger charge is 2.21. The molecule has 0 fully saturated rings. The Balaban J connectivity index is 1.96. The minimum Gasteiger partial charge on any atom is -0.396 e. The van der Waals surface area contributed by atoms with Crippen molar-refractivity contribution in [3.63, 3.8) is 0 Å². The second-order valence-electron chi connectivity index (χ2n) is 4.40. The van der Waals surface area contributed by atoms with E-state index < -0.39 is 0 Å². The molecule has 1 amide bonds. The van der Waals surface area contributed by atoms with Gasteiger partial charge in [0.05, 0.1) is 4.88 Å². The first-order valence-corrected chi connectivity index (χ1v) is 6.67. The number of amides is 1. The Morgan fingerprint density at radius 2 is 2.28 bits per heavy atom. The standard InChI is InChI=1S/C13H15NO3S/c1-8(16)10-5-12(18-7-10)13(17)14-11-3-2-9(4-11)6-15/h2-3,5,7,9,11,15H,4,6H2,1H3,(H,14,17)/t9-,11+/m0/s1. The predicted molar refractivity (Wildman–Crippen MR) is 69.9 cm³/mol. The van der Waals surface area contributed by atoms with Crippen LogP contribution >= 0.6 is 11.3 Å².